The van der Waals surface area contributed by atoms with Crippen LogP contribution in [0.5, 0.6) is 0 Å². The number of aryl methyl sites for hydroxylation is 1. The van der Waals surface area contributed by atoms with Crippen molar-refractivity contribution in [3.05, 3.63) is 32.9 Å². The zero-order valence-corrected chi connectivity index (χ0v) is 14.0. The summed E-state index contributed by atoms with van der Waals surface area (Å²) < 4.78 is 1.08. The second-order valence-electron chi connectivity index (χ2n) is 6.17. The number of amides is 1. The number of hydrogen-bond donors (Lipinski definition) is 1. The first-order chi connectivity index (χ1) is 9.58. The van der Waals surface area contributed by atoms with Gasteiger partial charge in [-0.1, -0.05) is 18.6 Å². The van der Waals surface area contributed by atoms with Crippen molar-refractivity contribution in [2.45, 2.75) is 32.2 Å². The lowest BCUT2D eigenvalue weighted by molar-refractivity contribution is 0.0782. The molecule has 2 N–H and O–H groups in total. The molecule has 1 saturated carbocycles. The molecule has 1 aromatic carbocycles. The van der Waals surface area contributed by atoms with Crippen molar-refractivity contribution in [2.24, 2.45) is 17.6 Å². The Labute approximate surface area is 134 Å². The molecule has 108 valence electrons. The minimum Gasteiger partial charge on any atom is -0.338 e. The van der Waals surface area contributed by atoms with E-state index in [2.05, 4.69) is 35.6 Å². The average Bonchev–Trinajstić information content (AvgIpc) is 2.87. The van der Waals surface area contributed by atoms with Crippen LogP contribution in [0.3, 0.4) is 0 Å². The predicted octanol–water partition coefficient (Wildman–Crippen LogP) is 2.80. The van der Waals surface area contributed by atoms with Crippen LogP contribution < -0.4 is 5.73 Å². The van der Waals surface area contributed by atoms with E-state index >= 15 is 0 Å². The van der Waals surface area contributed by atoms with E-state index in [-0.39, 0.29) is 11.9 Å². The maximum Gasteiger partial charge on any atom is 0.254 e. The Morgan fingerprint density at radius 1 is 1.35 bits per heavy atom. The van der Waals surface area contributed by atoms with E-state index in [0.29, 0.717) is 11.8 Å². The third kappa shape index (κ3) is 2.48. The molecule has 1 saturated heterocycles. The molecule has 3 nitrogen and oxygen atoms in total. The van der Waals surface area contributed by atoms with E-state index in [4.69, 9.17) is 5.73 Å². The molecule has 3 atom stereocenters. The summed E-state index contributed by atoms with van der Waals surface area (Å²) in [5, 5.41) is 0. The Morgan fingerprint density at radius 2 is 2.15 bits per heavy atom. The molecular weight excluding hydrogens is 363 g/mol. The van der Waals surface area contributed by atoms with Gasteiger partial charge in [-0.15, -0.1) is 0 Å². The highest BCUT2D eigenvalue weighted by atomic mass is 127. The molecular formula is C16H21IN2O. The predicted molar refractivity (Wildman–Crippen MR) is 88.6 cm³/mol. The second kappa shape index (κ2) is 5.64. The summed E-state index contributed by atoms with van der Waals surface area (Å²) in [6, 6.07) is 6.25. The van der Waals surface area contributed by atoms with E-state index in [0.717, 1.165) is 28.6 Å². The van der Waals surface area contributed by atoms with E-state index < -0.39 is 0 Å². The number of hydrogen-bond acceptors (Lipinski definition) is 2. The molecule has 2 aliphatic rings. The molecule has 0 aromatic heterocycles. The summed E-state index contributed by atoms with van der Waals surface area (Å²) in [4.78, 5) is 14.8. The van der Waals surface area contributed by atoms with Gasteiger partial charge in [0.2, 0.25) is 0 Å². The molecule has 1 aliphatic heterocycles. The van der Waals surface area contributed by atoms with Crippen molar-refractivity contribution in [3.8, 4) is 0 Å². The van der Waals surface area contributed by atoms with Crippen LogP contribution in [0.2, 0.25) is 0 Å². The first kappa shape index (κ1) is 14.3. The number of carbonyl (C=O) groups is 1. The van der Waals surface area contributed by atoms with Crippen molar-refractivity contribution in [3.63, 3.8) is 0 Å². The van der Waals surface area contributed by atoms with Gasteiger partial charge >= 0.3 is 0 Å². The third-order valence-electron chi connectivity index (χ3n) is 4.86. The molecule has 3 unspecified atom stereocenters. The van der Waals surface area contributed by atoms with Gasteiger partial charge in [0, 0.05) is 22.7 Å². The average molecular weight is 384 g/mol. The Hall–Kier alpha value is -0.620. The van der Waals surface area contributed by atoms with Crippen molar-refractivity contribution in [2.75, 3.05) is 13.1 Å². The van der Waals surface area contributed by atoms with Gasteiger partial charge in [0.15, 0.2) is 0 Å². The lowest BCUT2D eigenvalue weighted by atomic mass is 9.78. The SMILES string of the molecule is Cc1cccc(C(=O)N2CC3CCCC(N)C3C2)c1I. The van der Waals surface area contributed by atoms with Gasteiger partial charge in [0.05, 0.1) is 5.56 Å². The topological polar surface area (TPSA) is 46.3 Å². The number of nitrogens with two attached hydrogens (primary N) is 1. The normalized spacial score (nSPS) is 29.4. The number of rotatable bonds is 1. The van der Waals surface area contributed by atoms with E-state index in [1.165, 1.54) is 18.4 Å². The summed E-state index contributed by atoms with van der Waals surface area (Å²) in [7, 11) is 0. The summed E-state index contributed by atoms with van der Waals surface area (Å²) in [5.74, 6) is 1.31. The van der Waals surface area contributed by atoms with Gasteiger partial charge in [0.1, 0.15) is 0 Å². The van der Waals surface area contributed by atoms with Gasteiger partial charge in [-0.3, -0.25) is 4.79 Å². The number of nitrogens with zero attached hydrogens (tertiary/aromatic N) is 1. The molecule has 1 amide bonds. The number of halogens is 1. The zero-order chi connectivity index (χ0) is 14.3. The first-order valence-electron chi connectivity index (χ1n) is 7.38. The lowest BCUT2D eigenvalue weighted by Crippen LogP contribution is -2.38. The molecule has 20 heavy (non-hydrogen) atoms. The molecule has 0 radical (unpaired) electrons. The van der Waals surface area contributed by atoms with Crippen LogP contribution in [0, 0.1) is 22.3 Å². The molecule has 3 rings (SSSR count). The summed E-state index contributed by atoms with van der Waals surface area (Å²) in [6.45, 7) is 3.79. The highest BCUT2D eigenvalue weighted by Gasteiger charge is 2.40. The number of likely N-dealkylation sites (tertiary alicyclic amines) is 1. The monoisotopic (exact) mass is 384 g/mol. The number of benzene rings is 1. The highest BCUT2D eigenvalue weighted by Crippen LogP contribution is 2.36. The Kier molecular flexibility index (Phi) is 4.04. The second-order valence-corrected chi connectivity index (χ2v) is 7.24. The number of fused-ring (bicyclic) bond motifs is 1. The zero-order valence-electron chi connectivity index (χ0n) is 11.8. The Balaban J connectivity index is 1.80. The van der Waals surface area contributed by atoms with Crippen LogP contribution in [-0.2, 0) is 0 Å². The largest absolute Gasteiger partial charge is 0.338 e. The van der Waals surface area contributed by atoms with Gasteiger partial charge in [-0.25, -0.2) is 0 Å². The molecule has 1 heterocycles. The fourth-order valence-electron chi connectivity index (χ4n) is 3.67. The molecule has 2 fully saturated rings. The first-order valence-corrected chi connectivity index (χ1v) is 8.45. The quantitative estimate of drug-likeness (QED) is 0.757. The van der Waals surface area contributed by atoms with Gasteiger partial charge in [-0.05, 0) is 65.8 Å². The van der Waals surface area contributed by atoms with E-state index in [1.807, 2.05) is 17.0 Å². The molecule has 0 spiro atoms. The van der Waals surface area contributed by atoms with Gasteiger partial charge in [0.25, 0.3) is 5.91 Å². The van der Waals surface area contributed by atoms with Crippen LogP contribution in [0.1, 0.15) is 35.2 Å². The fraction of sp³-hybridized carbons (Fsp3) is 0.562. The van der Waals surface area contributed by atoms with Crippen LogP contribution >= 0.6 is 22.6 Å². The van der Waals surface area contributed by atoms with Gasteiger partial charge in [-0.2, -0.15) is 0 Å². The van der Waals surface area contributed by atoms with Crippen molar-refractivity contribution in [1.29, 1.82) is 0 Å². The minimum atomic E-state index is 0.180. The Bertz CT molecular complexity index is 531. The molecule has 1 aromatic rings. The molecule has 4 heteroatoms. The molecule has 1 aliphatic carbocycles. The maximum atomic E-state index is 12.8. The van der Waals surface area contributed by atoms with Crippen LogP contribution in [-0.4, -0.2) is 29.9 Å². The van der Waals surface area contributed by atoms with Gasteiger partial charge < -0.3 is 10.6 Å². The number of carbonyl (C=O) groups excluding carboxylic acids is 1. The summed E-state index contributed by atoms with van der Waals surface area (Å²) in [5.41, 5.74) is 8.25. The van der Waals surface area contributed by atoms with Crippen LogP contribution in [0.4, 0.5) is 0 Å². The lowest BCUT2D eigenvalue weighted by Gasteiger charge is -2.29. The van der Waals surface area contributed by atoms with E-state index in [9.17, 15) is 4.79 Å². The van der Waals surface area contributed by atoms with E-state index in [1.54, 1.807) is 0 Å². The van der Waals surface area contributed by atoms with Crippen LogP contribution in [0.25, 0.3) is 0 Å². The van der Waals surface area contributed by atoms with Crippen molar-refractivity contribution >= 4 is 28.5 Å². The minimum absolute atomic E-state index is 0.180. The maximum absolute atomic E-state index is 12.8. The highest BCUT2D eigenvalue weighted by molar-refractivity contribution is 14.1. The van der Waals surface area contributed by atoms with Crippen molar-refractivity contribution in [1.82, 2.24) is 4.90 Å². The third-order valence-corrected chi connectivity index (χ3v) is 6.30. The van der Waals surface area contributed by atoms with Crippen LogP contribution in [0.15, 0.2) is 18.2 Å². The fourth-order valence-corrected chi connectivity index (χ4v) is 4.26. The standard InChI is InChI=1S/C16H21IN2O/c1-10-4-2-6-12(15(10)17)16(20)19-8-11-5-3-7-14(18)13(11)9-19/h2,4,6,11,13-14H,3,5,7-9,18H2,1H3. The smallest absolute Gasteiger partial charge is 0.254 e. The molecule has 0 bridgehead atoms. The Morgan fingerprint density at radius 3 is 2.90 bits per heavy atom. The summed E-state index contributed by atoms with van der Waals surface area (Å²) >= 11 is 2.28. The summed E-state index contributed by atoms with van der Waals surface area (Å²) in [6.07, 6.45) is 3.56. The van der Waals surface area contributed by atoms with Crippen molar-refractivity contribution < 1.29 is 4.79 Å².